The highest BCUT2D eigenvalue weighted by molar-refractivity contribution is 5.90. The minimum absolute atomic E-state index is 0. The van der Waals surface area contributed by atoms with Gasteiger partial charge in [-0.05, 0) is 49.4 Å². The molecule has 178 valence electrons. The fourth-order valence-corrected chi connectivity index (χ4v) is 4.30. The van der Waals surface area contributed by atoms with Gasteiger partial charge in [-0.15, -0.1) is 0 Å². The molecule has 1 aromatic heterocycles. The molecule has 0 unspecified atom stereocenters. The van der Waals surface area contributed by atoms with Crippen LogP contribution < -0.4 is 15.5 Å². The fourth-order valence-electron chi connectivity index (χ4n) is 4.30. The van der Waals surface area contributed by atoms with E-state index < -0.39 is 11.7 Å². The normalized spacial score (nSPS) is 18.6. The molecular formula is C25H32F3N5. The van der Waals surface area contributed by atoms with E-state index in [9.17, 15) is 13.2 Å². The van der Waals surface area contributed by atoms with Crippen LogP contribution in [0, 0.1) is 0 Å². The molecule has 0 atom stereocenters. The highest BCUT2D eigenvalue weighted by atomic mass is 19.4. The molecule has 0 amide bonds. The number of rotatable bonds is 6. The Morgan fingerprint density at radius 2 is 1.55 bits per heavy atom. The van der Waals surface area contributed by atoms with Crippen LogP contribution >= 0.6 is 0 Å². The van der Waals surface area contributed by atoms with Gasteiger partial charge in [0.2, 0.25) is 5.95 Å². The number of halogens is 3. The van der Waals surface area contributed by atoms with E-state index in [0.717, 1.165) is 48.5 Å². The highest BCUT2D eigenvalue weighted by Crippen LogP contribution is 2.32. The van der Waals surface area contributed by atoms with Gasteiger partial charge in [-0.25, -0.2) is 4.98 Å². The second-order valence-electron chi connectivity index (χ2n) is 8.51. The molecule has 0 radical (unpaired) electrons. The van der Waals surface area contributed by atoms with Crippen molar-refractivity contribution >= 4 is 22.7 Å². The minimum Gasteiger partial charge on any atom is -0.362 e. The van der Waals surface area contributed by atoms with Gasteiger partial charge in [-0.3, -0.25) is 0 Å². The summed E-state index contributed by atoms with van der Waals surface area (Å²) in [4.78, 5) is 11.4. The topological polar surface area (TPSA) is 53.1 Å². The molecule has 1 aliphatic rings. The third-order valence-electron chi connectivity index (χ3n) is 5.97. The van der Waals surface area contributed by atoms with Crippen molar-refractivity contribution in [1.29, 1.82) is 0 Å². The molecule has 8 heteroatoms. The molecule has 0 saturated heterocycles. The monoisotopic (exact) mass is 459 g/mol. The third kappa shape index (κ3) is 5.93. The van der Waals surface area contributed by atoms with E-state index in [1.54, 1.807) is 12.1 Å². The Balaban J connectivity index is 0.00000306. The van der Waals surface area contributed by atoms with Gasteiger partial charge in [-0.1, -0.05) is 37.8 Å². The minimum atomic E-state index is -4.33. The van der Waals surface area contributed by atoms with E-state index in [4.69, 9.17) is 4.98 Å². The molecule has 0 spiro atoms. The number of aromatic nitrogens is 2. The summed E-state index contributed by atoms with van der Waals surface area (Å²) < 4.78 is 39.6. The van der Waals surface area contributed by atoms with Crippen molar-refractivity contribution < 1.29 is 13.2 Å². The number of benzene rings is 2. The van der Waals surface area contributed by atoms with Crippen LogP contribution in [0.1, 0.15) is 44.2 Å². The van der Waals surface area contributed by atoms with Crippen molar-refractivity contribution in [3.05, 3.63) is 59.7 Å². The zero-order valence-corrected chi connectivity index (χ0v) is 18.3. The molecule has 4 rings (SSSR count). The number of anilines is 2. The first-order chi connectivity index (χ1) is 15.3. The summed E-state index contributed by atoms with van der Waals surface area (Å²) in [5, 5.41) is 7.79. The van der Waals surface area contributed by atoms with E-state index in [1.807, 2.05) is 43.3 Å². The number of para-hydroxylation sites is 1. The standard InChI is InChI=1S/C24H28F3N5.CH4/c1-32(2)22-19-8-4-6-10-21(19)30-23(31-22)29-18-13-11-17(12-14-18)28-15-16-7-3-5-9-20(16)24(25,26)27;/h3-10,17-18,28H,11-15H2,1-2H3,(H,29,30,31);1H4. The SMILES string of the molecule is C.CN(C)c1nc(NC2CCC(NCc3ccccc3C(F)(F)F)CC2)nc2ccccc12. The lowest BCUT2D eigenvalue weighted by molar-refractivity contribution is -0.138. The lowest BCUT2D eigenvalue weighted by Gasteiger charge is -2.30. The number of alkyl halides is 3. The quantitative estimate of drug-likeness (QED) is 0.483. The molecule has 2 N–H and O–H groups in total. The van der Waals surface area contributed by atoms with Crippen LogP contribution in [-0.4, -0.2) is 36.1 Å². The van der Waals surface area contributed by atoms with E-state index >= 15 is 0 Å². The first kappa shape index (κ1) is 24.8. The lowest BCUT2D eigenvalue weighted by atomic mass is 9.91. The van der Waals surface area contributed by atoms with Gasteiger partial charge in [0.25, 0.3) is 0 Å². The average molecular weight is 460 g/mol. The van der Waals surface area contributed by atoms with Crippen LogP contribution in [0.4, 0.5) is 24.9 Å². The third-order valence-corrected chi connectivity index (χ3v) is 5.97. The van der Waals surface area contributed by atoms with Gasteiger partial charge in [0.15, 0.2) is 0 Å². The Kier molecular flexibility index (Phi) is 7.79. The molecule has 1 heterocycles. The Hall–Kier alpha value is -2.87. The van der Waals surface area contributed by atoms with Crippen LogP contribution in [0.3, 0.4) is 0 Å². The molecule has 1 saturated carbocycles. The molecule has 33 heavy (non-hydrogen) atoms. The van der Waals surface area contributed by atoms with Gasteiger partial charge in [0.05, 0.1) is 11.1 Å². The van der Waals surface area contributed by atoms with Crippen LogP contribution in [0.5, 0.6) is 0 Å². The summed E-state index contributed by atoms with van der Waals surface area (Å²) in [6.07, 6.45) is -0.733. The summed E-state index contributed by atoms with van der Waals surface area (Å²) in [5.41, 5.74) is 0.626. The van der Waals surface area contributed by atoms with E-state index in [2.05, 4.69) is 15.6 Å². The van der Waals surface area contributed by atoms with Crippen molar-refractivity contribution in [1.82, 2.24) is 15.3 Å². The number of hydrogen-bond acceptors (Lipinski definition) is 5. The fraction of sp³-hybridized carbons (Fsp3) is 0.440. The Morgan fingerprint density at radius 1 is 0.909 bits per heavy atom. The van der Waals surface area contributed by atoms with E-state index in [0.29, 0.717) is 11.5 Å². The zero-order chi connectivity index (χ0) is 22.7. The maximum Gasteiger partial charge on any atom is 0.416 e. The smallest absolute Gasteiger partial charge is 0.362 e. The Labute approximate surface area is 193 Å². The van der Waals surface area contributed by atoms with Crippen LogP contribution in [0.25, 0.3) is 10.9 Å². The molecule has 5 nitrogen and oxygen atoms in total. The summed E-state index contributed by atoms with van der Waals surface area (Å²) >= 11 is 0. The van der Waals surface area contributed by atoms with Gasteiger partial charge in [0, 0.05) is 38.1 Å². The number of hydrogen-bond donors (Lipinski definition) is 2. The van der Waals surface area contributed by atoms with E-state index in [1.165, 1.54) is 6.07 Å². The van der Waals surface area contributed by atoms with E-state index in [-0.39, 0.29) is 26.1 Å². The predicted molar refractivity (Wildman–Crippen MR) is 129 cm³/mol. The van der Waals surface area contributed by atoms with Crippen molar-refractivity contribution in [3.8, 4) is 0 Å². The van der Waals surface area contributed by atoms with Crippen molar-refractivity contribution in [2.75, 3.05) is 24.3 Å². The number of fused-ring (bicyclic) bond motifs is 1. The van der Waals surface area contributed by atoms with Crippen LogP contribution in [0.15, 0.2) is 48.5 Å². The second-order valence-corrected chi connectivity index (χ2v) is 8.51. The van der Waals surface area contributed by atoms with Crippen LogP contribution in [-0.2, 0) is 12.7 Å². The average Bonchev–Trinajstić information content (AvgIpc) is 2.77. The Bertz CT molecular complexity index is 1060. The molecule has 2 aromatic carbocycles. The van der Waals surface area contributed by atoms with Crippen molar-refractivity contribution in [2.45, 2.75) is 57.9 Å². The zero-order valence-electron chi connectivity index (χ0n) is 18.3. The van der Waals surface area contributed by atoms with Gasteiger partial charge in [-0.2, -0.15) is 18.2 Å². The Morgan fingerprint density at radius 3 is 2.24 bits per heavy atom. The molecule has 1 fully saturated rings. The molecular weight excluding hydrogens is 427 g/mol. The summed E-state index contributed by atoms with van der Waals surface area (Å²) in [5.74, 6) is 1.49. The first-order valence-corrected chi connectivity index (χ1v) is 10.9. The molecule has 0 bridgehead atoms. The molecule has 1 aliphatic carbocycles. The summed E-state index contributed by atoms with van der Waals surface area (Å²) in [7, 11) is 3.93. The van der Waals surface area contributed by atoms with Gasteiger partial charge in [0.1, 0.15) is 5.82 Å². The van der Waals surface area contributed by atoms with Gasteiger partial charge < -0.3 is 15.5 Å². The highest BCUT2D eigenvalue weighted by Gasteiger charge is 2.33. The first-order valence-electron chi connectivity index (χ1n) is 10.9. The molecule has 0 aliphatic heterocycles. The lowest BCUT2D eigenvalue weighted by Crippen LogP contribution is -2.37. The van der Waals surface area contributed by atoms with Gasteiger partial charge >= 0.3 is 6.18 Å². The predicted octanol–water partition coefficient (Wildman–Crippen LogP) is 5.86. The van der Waals surface area contributed by atoms with Crippen molar-refractivity contribution in [2.24, 2.45) is 0 Å². The summed E-state index contributed by atoms with van der Waals surface area (Å²) in [6, 6.07) is 14.1. The molecule has 3 aromatic rings. The summed E-state index contributed by atoms with van der Waals surface area (Å²) in [6.45, 7) is 0.221. The van der Waals surface area contributed by atoms with Crippen molar-refractivity contribution in [3.63, 3.8) is 0 Å². The maximum atomic E-state index is 13.2. The number of nitrogens with zero attached hydrogens (tertiary/aromatic N) is 3. The maximum absolute atomic E-state index is 13.2. The largest absolute Gasteiger partial charge is 0.416 e. The second kappa shape index (κ2) is 10.4. The van der Waals surface area contributed by atoms with Crippen LogP contribution in [0.2, 0.25) is 0 Å². The number of nitrogens with one attached hydrogen (secondary N) is 2.